The predicted molar refractivity (Wildman–Crippen MR) is 76.5 cm³/mol. The van der Waals surface area contributed by atoms with Crippen molar-refractivity contribution in [3.8, 4) is 0 Å². The summed E-state index contributed by atoms with van der Waals surface area (Å²) in [5.74, 6) is 0. The van der Waals surface area contributed by atoms with Gasteiger partial charge in [-0.25, -0.2) is 4.98 Å². The van der Waals surface area contributed by atoms with Crippen LogP contribution >= 0.6 is 0 Å². The lowest BCUT2D eigenvalue weighted by molar-refractivity contribution is 1.02. The van der Waals surface area contributed by atoms with Crippen LogP contribution in [-0.4, -0.2) is 9.97 Å². The number of aryl methyl sites for hydroxylation is 2. The number of imidazole rings is 1. The normalized spacial score (nSPS) is 11.2. The third-order valence-electron chi connectivity index (χ3n) is 3.26. The number of rotatable bonds is 5. The summed E-state index contributed by atoms with van der Waals surface area (Å²) in [5.41, 5.74) is 5.39. The average Bonchev–Trinajstić information content (AvgIpc) is 2.92. The number of aromatic amines is 1. The van der Waals surface area contributed by atoms with Crippen molar-refractivity contribution < 1.29 is 0 Å². The van der Waals surface area contributed by atoms with Gasteiger partial charge >= 0.3 is 0 Å². The summed E-state index contributed by atoms with van der Waals surface area (Å²) in [6.07, 6.45) is 11.1. The van der Waals surface area contributed by atoms with Gasteiger partial charge in [-0.1, -0.05) is 38.1 Å². The van der Waals surface area contributed by atoms with Gasteiger partial charge in [0.1, 0.15) is 0 Å². The number of allylic oxidation sites excluding steroid dienone is 1. The molecule has 0 aliphatic carbocycles. The molecule has 2 rings (SSSR count). The average molecular weight is 240 g/mol. The zero-order chi connectivity index (χ0) is 12.8. The molecule has 0 aliphatic heterocycles. The molecule has 0 fully saturated rings. The quantitative estimate of drug-likeness (QED) is 0.846. The summed E-state index contributed by atoms with van der Waals surface area (Å²) < 4.78 is 0. The molecule has 2 nitrogen and oxygen atoms in total. The van der Waals surface area contributed by atoms with Gasteiger partial charge in [0, 0.05) is 6.20 Å². The number of nitrogens with zero attached hydrogens (tertiary/aromatic N) is 1. The van der Waals surface area contributed by atoms with Crippen LogP contribution in [-0.2, 0) is 19.3 Å². The fourth-order valence-corrected chi connectivity index (χ4v) is 2.27. The van der Waals surface area contributed by atoms with E-state index >= 15 is 0 Å². The molecule has 0 radical (unpaired) electrons. The lowest BCUT2D eigenvalue weighted by Gasteiger charge is -2.10. The standard InChI is InChI=1S/C16H20N2/c1-3-13-7-5-8-14(4-2)16(13)10-6-9-15-11-17-12-18-15/h5-9,11-12H,3-4,10H2,1-2H3,(H,17,18). The zero-order valence-corrected chi connectivity index (χ0v) is 11.1. The number of H-pyrrole nitrogens is 1. The van der Waals surface area contributed by atoms with Crippen molar-refractivity contribution in [1.29, 1.82) is 0 Å². The van der Waals surface area contributed by atoms with Crippen LogP contribution < -0.4 is 0 Å². The Balaban J connectivity index is 2.17. The van der Waals surface area contributed by atoms with E-state index in [1.165, 1.54) is 16.7 Å². The van der Waals surface area contributed by atoms with Crippen LogP contribution in [0.2, 0.25) is 0 Å². The highest BCUT2D eigenvalue weighted by atomic mass is 14.8. The maximum Gasteiger partial charge on any atom is 0.0927 e. The predicted octanol–water partition coefficient (Wildman–Crippen LogP) is 3.79. The largest absolute Gasteiger partial charge is 0.351 e. The van der Waals surface area contributed by atoms with Gasteiger partial charge in [-0.05, 0) is 42.0 Å². The molecule has 0 atom stereocenters. The maximum atomic E-state index is 4.19. The molecule has 18 heavy (non-hydrogen) atoms. The fourth-order valence-electron chi connectivity index (χ4n) is 2.27. The molecule has 0 aliphatic rings. The summed E-state index contributed by atoms with van der Waals surface area (Å²) in [7, 11) is 0. The Morgan fingerprint density at radius 1 is 1.17 bits per heavy atom. The Morgan fingerprint density at radius 3 is 2.44 bits per heavy atom. The molecule has 0 bridgehead atoms. The number of hydrogen-bond acceptors (Lipinski definition) is 1. The van der Waals surface area contributed by atoms with Crippen LogP contribution in [0.1, 0.15) is 36.2 Å². The Hall–Kier alpha value is -1.83. The number of benzene rings is 1. The minimum atomic E-state index is 0.986. The number of aromatic nitrogens is 2. The molecular weight excluding hydrogens is 220 g/mol. The lowest BCUT2D eigenvalue weighted by atomic mass is 9.95. The summed E-state index contributed by atoms with van der Waals surface area (Å²) in [5, 5.41) is 0. The van der Waals surface area contributed by atoms with E-state index in [2.05, 4.69) is 54.2 Å². The molecule has 1 N–H and O–H groups in total. The second kappa shape index (κ2) is 6.20. The summed E-state index contributed by atoms with van der Waals surface area (Å²) in [4.78, 5) is 7.15. The Bertz CT molecular complexity index is 488. The zero-order valence-electron chi connectivity index (χ0n) is 11.1. The summed E-state index contributed by atoms with van der Waals surface area (Å²) in [6, 6.07) is 6.63. The van der Waals surface area contributed by atoms with E-state index in [1.807, 2.05) is 6.20 Å². The van der Waals surface area contributed by atoms with Crippen molar-refractivity contribution in [3.05, 3.63) is 59.2 Å². The highest BCUT2D eigenvalue weighted by molar-refractivity contribution is 5.45. The second-order valence-electron chi connectivity index (χ2n) is 4.36. The van der Waals surface area contributed by atoms with Crippen LogP contribution in [0.3, 0.4) is 0 Å². The van der Waals surface area contributed by atoms with E-state index in [0.717, 1.165) is 25.0 Å². The van der Waals surface area contributed by atoms with Gasteiger partial charge in [-0.15, -0.1) is 0 Å². The van der Waals surface area contributed by atoms with Crippen LogP contribution in [0.25, 0.3) is 6.08 Å². The molecule has 0 spiro atoms. The Morgan fingerprint density at radius 2 is 1.89 bits per heavy atom. The molecule has 1 aromatic carbocycles. The molecule has 94 valence electrons. The maximum absolute atomic E-state index is 4.19. The fraction of sp³-hybridized carbons (Fsp3) is 0.312. The van der Waals surface area contributed by atoms with E-state index in [0.29, 0.717) is 0 Å². The van der Waals surface area contributed by atoms with Gasteiger partial charge in [-0.2, -0.15) is 0 Å². The van der Waals surface area contributed by atoms with Gasteiger partial charge in [0.05, 0.1) is 12.0 Å². The topological polar surface area (TPSA) is 28.7 Å². The minimum Gasteiger partial charge on any atom is -0.351 e. The van der Waals surface area contributed by atoms with E-state index < -0.39 is 0 Å². The highest BCUT2D eigenvalue weighted by Crippen LogP contribution is 2.18. The third kappa shape index (κ3) is 2.89. The van der Waals surface area contributed by atoms with Crippen molar-refractivity contribution in [2.75, 3.05) is 0 Å². The Kier molecular flexibility index (Phi) is 4.35. The van der Waals surface area contributed by atoms with Crippen LogP contribution in [0, 0.1) is 0 Å². The van der Waals surface area contributed by atoms with Crippen LogP contribution in [0.5, 0.6) is 0 Å². The molecule has 0 amide bonds. The molecule has 0 saturated heterocycles. The molecule has 1 heterocycles. The molecule has 0 unspecified atom stereocenters. The minimum absolute atomic E-state index is 0.986. The van der Waals surface area contributed by atoms with Crippen LogP contribution in [0.4, 0.5) is 0 Å². The summed E-state index contributed by atoms with van der Waals surface area (Å²) >= 11 is 0. The van der Waals surface area contributed by atoms with Gasteiger partial charge in [-0.3, -0.25) is 0 Å². The van der Waals surface area contributed by atoms with Crippen molar-refractivity contribution in [1.82, 2.24) is 9.97 Å². The van der Waals surface area contributed by atoms with Gasteiger partial charge in [0.25, 0.3) is 0 Å². The van der Waals surface area contributed by atoms with Gasteiger partial charge in [0.2, 0.25) is 0 Å². The van der Waals surface area contributed by atoms with Crippen molar-refractivity contribution in [2.24, 2.45) is 0 Å². The molecule has 0 saturated carbocycles. The first-order chi connectivity index (χ1) is 8.85. The number of nitrogens with one attached hydrogen (secondary N) is 1. The monoisotopic (exact) mass is 240 g/mol. The van der Waals surface area contributed by atoms with Crippen molar-refractivity contribution >= 4 is 6.08 Å². The molecular formula is C16H20N2. The van der Waals surface area contributed by atoms with E-state index in [1.54, 1.807) is 6.33 Å². The van der Waals surface area contributed by atoms with Gasteiger partial charge in [0.15, 0.2) is 0 Å². The van der Waals surface area contributed by atoms with Gasteiger partial charge < -0.3 is 4.98 Å². The second-order valence-corrected chi connectivity index (χ2v) is 4.36. The Labute approximate surface area is 109 Å². The molecule has 2 aromatic rings. The summed E-state index contributed by atoms with van der Waals surface area (Å²) in [6.45, 7) is 4.44. The molecule has 2 heteroatoms. The number of hydrogen-bond donors (Lipinski definition) is 1. The first-order valence-electron chi connectivity index (χ1n) is 6.60. The van der Waals surface area contributed by atoms with Crippen LogP contribution in [0.15, 0.2) is 36.8 Å². The van der Waals surface area contributed by atoms with E-state index in [-0.39, 0.29) is 0 Å². The highest BCUT2D eigenvalue weighted by Gasteiger charge is 2.03. The molecule has 1 aromatic heterocycles. The van der Waals surface area contributed by atoms with Crippen molar-refractivity contribution in [3.63, 3.8) is 0 Å². The van der Waals surface area contributed by atoms with E-state index in [4.69, 9.17) is 0 Å². The SMILES string of the molecule is CCc1cccc(CC)c1CC=Cc1c[nH]cn1. The van der Waals surface area contributed by atoms with Crippen molar-refractivity contribution in [2.45, 2.75) is 33.1 Å². The first kappa shape index (κ1) is 12.6. The first-order valence-corrected chi connectivity index (χ1v) is 6.60. The smallest absolute Gasteiger partial charge is 0.0927 e. The third-order valence-corrected chi connectivity index (χ3v) is 3.26. The van der Waals surface area contributed by atoms with E-state index in [9.17, 15) is 0 Å². The lowest BCUT2D eigenvalue weighted by Crippen LogP contribution is -1.97.